The summed E-state index contributed by atoms with van der Waals surface area (Å²) in [5.41, 5.74) is 0. The Morgan fingerprint density at radius 1 is 0.627 bits per heavy atom. The van der Waals surface area contributed by atoms with Gasteiger partial charge in [-0.25, -0.2) is 4.57 Å². The van der Waals surface area contributed by atoms with Gasteiger partial charge in [-0.15, -0.1) is 0 Å². The van der Waals surface area contributed by atoms with Crippen molar-refractivity contribution in [3.05, 3.63) is 72.9 Å². The van der Waals surface area contributed by atoms with E-state index in [1.807, 2.05) is 48.6 Å². The quantitative estimate of drug-likeness (QED) is 0.0194. The van der Waals surface area contributed by atoms with Crippen molar-refractivity contribution in [1.29, 1.82) is 0 Å². The Morgan fingerprint density at radius 2 is 1.18 bits per heavy atom. The first-order valence-electron chi connectivity index (χ1n) is 19.3. The van der Waals surface area contributed by atoms with E-state index in [1.54, 1.807) is 6.08 Å². The van der Waals surface area contributed by atoms with Gasteiger partial charge in [-0.2, -0.15) is 0 Å². The number of esters is 2. The average Bonchev–Trinajstić information content (AvgIpc) is 3.09. The van der Waals surface area contributed by atoms with Gasteiger partial charge < -0.3 is 24.4 Å². The molecule has 0 bridgehead atoms. The van der Waals surface area contributed by atoms with Crippen molar-refractivity contribution < 1.29 is 43.0 Å². The fourth-order valence-corrected chi connectivity index (χ4v) is 5.31. The lowest BCUT2D eigenvalue weighted by atomic mass is 10.0. The number of unbranched alkanes of at least 4 members (excludes halogenated alkanes) is 12. The van der Waals surface area contributed by atoms with Gasteiger partial charge >= 0.3 is 19.8 Å². The average molecular weight is 737 g/mol. The van der Waals surface area contributed by atoms with Crippen LogP contribution in [0.4, 0.5) is 0 Å². The maximum absolute atomic E-state index is 12.3. The molecule has 9 nitrogen and oxygen atoms in total. The van der Waals surface area contributed by atoms with Crippen LogP contribution >= 0.6 is 7.82 Å². The van der Waals surface area contributed by atoms with Crippen LogP contribution < -0.4 is 0 Å². The number of rotatable bonds is 34. The second kappa shape index (κ2) is 35.8. The summed E-state index contributed by atoms with van der Waals surface area (Å²) in [6, 6.07) is 0. The van der Waals surface area contributed by atoms with Crippen molar-refractivity contribution >= 4 is 19.8 Å². The molecule has 0 aliphatic rings. The molecule has 0 saturated heterocycles. The molecule has 0 spiro atoms. The highest BCUT2D eigenvalue weighted by molar-refractivity contribution is 7.46. The van der Waals surface area contributed by atoms with Crippen LogP contribution in [-0.4, -0.2) is 52.3 Å². The molecule has 0 radical (unpaired) electrons. The highest BCUT2D eigenvalue weighted by atomic mass is 31.2. The van der Waals surface area contributed by atoms with Gasteiger partial charge in [0.25, 0.3) is 0 Å². The zero-order valence-corrected chi connectivity index (χ0v) is 32.5. The van der Waals surface area contributed by atoms with E-state index in [1.165, 1.54) is 57.8 Å². The van der Waals surface area contributed by atoms with Crippen LogP contribution in [0.5, 0.6) is 0 Å². The molecule has 1 unspecified atom stereocenters. The predicted octanol–water partition coefficient (Wildman–Crippen LogP) is 10.5. The van der Waals surface area contributed by atoms with Gasteiger partial charge in [0, 0.05) is 12.8 Å². The maximum atomic E-state index is 12.3. The summed E-state index contributed by atoms with van der Waals surface area (Å²) in [7, 11) is -4.79. The summed E-state index contributed by atoms with van der Waals surface area (Å²) in [6.45, 7) is 3.42. The number of phosphoric ester groups is 1. The maximum Gasteiger partial charge on any atom is 0.469 e. The molecular weight excluding hydrogens is 667 g/mol. The number of ether oxygens (including phenoxy) is 2. The molecule has 0 heterocycles. The second-order valence-electron chi connectivity index (χ2n) is 12.7. The minimum absolute atomic E-state index is 0.0617. The zero-order valence-electron chi connectivity index (χ0n) is 31.6. The summed E-state index contributed by atoms with van der Waals surface area (Å²) < 4.78 is 26.2. The van der Waals surface area contributed by atoms with Crippen LogP contribution in [0.25, 0.3) is 0 Å². The molecule has 292 valence electrons. The Balaban J connectivity index is 4.18. The highest BCUT2D eigenvalue weighted by Gasteiger charge is 2.22. The molecule has 0 aliphatic heterocycles. The van der Waals surface area contributed by atoms with Crippen molar-refractivity contribution in [1.82, 2.24) is 0 Å². The number of carbonyl (C=O) groups is 2. The Morgan fingerprint density at radius 3 is 1.78 bits per heavy atom. The van der Waals surface area contributed by atoms with E-state index in [2.05, 4.69) is 36.6 Å². The number of hydrogen-bond donors (Lipinski definition) is 3. The lowest BCUT2D eigenvalue weighted by Crippen LogP contribution is -2.29. The standard InChI is InChI=1S/C41H69O9P/c1-3-5-7-9-11-12-13-14-15-19-22-26-30-34-40(43)48-36-39(37-49-51(45,46)47)50-41(44)35-31-27-23-20-17-16-18-21-25-29-33-38(42)32-28-24-10-8-6-4-2/h6,8,16-17,21,23-25,27-29,33,38-39,42H,3-5,7,9-15,18-20,22,26,30-32,34-37H2,1-2H3,(H2,45,46,47)/b8-6-,17-16-,25-21-,27-23-,28-24-,33-29+/t38?,39-/m1/s1. The van der Waals surface area contributed by atoms with Crippen LogP contribution in [0, 0.1) is 0 Å². The van der Waals surface area contributed by atoms with Gasteiger partial charge in [0.15, 0.2) is 6.10 Å². The summed E-state index contributed by atoms with van der Waals surface area (Å²) in [6.07, 6.45) is 42.3. The van der Waals surface area contributed by atoms with E-state index in [0.717, 1.165) is 38.5 Å². The number of aliphatic hydroxyl groups excluding tert-OH is 1. The van der Waals surface area contributed by atoms with E-state index in [-0.39, 0.29) is 19.4 Å². The first-order valence-corrected chi connectivity index (χ1v) is 20.9. The smallest absolute Gasteiger partial charge is 0.462 e. The Labute approximate surface area is 309 Å². The van der Waals surface area contributed by atoms with E-state index >= 15 is 0 Å². The van der Waals surface area contributed by atoms with Crippen molar-refractivity contribution in [2.75, 3.05) is 13.2 Å². The molecule has 0 fully saturated rings. The van der Waals surface area contributed by atoms with Crippen LogP contribution in [0.3, 0.4) is 0 Å². The van der Waals surface area contributed by atoms with Crippen LogP contribution in [0.15, 0.2) is 72.9 Å². The molecule has 0 amide bonds. The fraction of sp³-hybridized carbons (Fsp3) is 0.659. The topological polar surface area (TPSA) is 140 Å². The molecule has 0 aromatic rings. The molecule has 10 heteroatoms. The van der Waals surface area contributed by atoms with E-state index in [0.29, 0.717) is 25.7 Å². The van der Waals surface area contributed by atoms with Crippen molar-refractivity contribution in [2.24, 2.45) is 0 Å². The fourth-order valence-electron chi connectivity index (χ4n) is 4.95. The molecule has 0 aliphatic carbocycles. The summed E-state index contributed by atoms with van der Waals surface area (Å²) in [5.74, 6) is -1.02. The first kappa shape index (κ1) is 48.5. The minimum Gasteiger partial charge on any atom is -0.462 e. The molecule has 2 atom stereocenters. The number of carbonyl (C=O) groups excluding carboxylic acids is 2. The predicted molar refractivity (Wildman–Crippen MR) is 208 cm³/mol. The van der Waals surface area contributed by atoms with E-state index < -0.39 is 38.6 Å². The van der Waals surface area contributed by atoms with Gasteiger partial charge in [-0.3, -0.25) is 14.1 Å². The highest BCUT2D eigenvalue weighted by Crippen LogP contribution is 2.35. The number of allylic oxidation sites excluding steroid dienone is 10. The van der Waals surface area contributed by atoms with Gasteiger partial charge in [0.05, 0.1) is 12.7 Å². The molecule has 3 N–H and O–H groups in total. The first-order chi connectivity index (χ1) is 24.7. The molecular formula is C41H69O9P. The zero-order chi connectivity index (χ0) is 37.7. The molecule has 0 rings (SSSR count). The summed E-state index contributed by atoms with van der Waals surface area (Å²) in [4.78, 5) is 42.7. The largest absolute Gasteiger partial charge is 0.469 e. The third kappa shape index (κ3) is 38.5. The number of phosphoric acid groups is 1. The second-order valence-corrected chi connectivity index (χ2v) is 14.0. The molecule has 0 aromatic heterocycles. The number of hydrogen-bond acceptors (Lipinski definition) is 7. The van der Waals surface area contributed by atoms with Crippen molar-refractivity contribution in [2.45, 2.75) is 161 Å². The van der Waals surface area contributed by atoms with Crippen molar-refractivity contribution in [3.63, 3.8) is 0 Å². The monoisotopic (exact) mass is 736 g/mol. The lowest BCUT2D eigenvalue weighted by molar-refractivity contribution is -0.161. The third-order valence-electron chi connectivity index (χ3n) is 7.83. The summed E-state index contributed by atoms with van der Waals surface area (Å²) in [5, 5.41) is 9.96. The van der Waals surface area contributed by atoms with E-state index in [9.17, 15) is 19.3 Å². The lowest BCUT2D eigenvalue weighted by Gasteiger charge is -2.18. The Kier molecular flexibility index (Phi) is 34.0. The normalized spacial score (nSPS) is 13.9. The molecule has 51 heavy (non-hydrogen) atoms. The number of aliphatic hydroxyl groups is 1. The van der Waals surface area contributed by atoms with Crippen LogP contribution in [-0.2, 0) is 28.2 Å². The summed E-state index contributed by atoms with van der Waals surface area (Å²) >= 11 is 0. The minimum atomic E-state index is -4.79. The Hall–Kier alpha value is -2.55. The molecule has 0 saturated carbocycles. The Bertz CT molecular complexity index is 1070. The van der Waals surface area contributed by atoms with Crippen molar-refractivity contribution in [3.8, 4) is 0 Å². The van der Waals surface area contributed by atoms with Crippen LogP contribution in [0.1, 0.15) is 149 Å². The molecule has 0 aromatic carbocycles. The van der Waals surface area contributed by atoms with Gasteiger partial charge in [-0.1, -0.05) is 164 Å². The van der Waals surface area contributed by atoms with Gasteiger partial charge in [0.2, 0.25) is 0 Å². The third-order valence-corrected chi connectivity index (χ3v) is 8.32. The van der Waals surface area contributed by atoms with Gasteiger partial charge in [-0.05, 0) is 44.9 Å². The van der Waals surface area contributed by atoms with Crippen LogP contribution in [0.2, 0.25) is 0 Å². The van der Waals surface area contributed by atoms with Gasteiger partial charge in [0.1, 0.15) is 6.61 Å². The van der Waals surface area contributed by atoms with E-state index in [4.69, 9.17) is 19.3 Å². The SMILES string of the molecule is CC/C=C\C/C=C\CC(O)/C=C/C=C\C/C=C\C/C=C\CCC(=O)O[C@H](COC(=O)CCCCCCCCCCCCCCC)COP(=O)(O)O.